The first kappa shape index (κ1) is 18.1. The van der Waals surface area contributed by atoms with Crippen LogP contribution in [-0.2, 0) is 25.9 Å². The van der Waals surface area contributed by atoms with Crippen molar-refractivity contribution in [2.75, 3.05) is 13.1 Å². The lowest BCUT2D eigenvalue weighted by Crippen LogP contribution is -2.22. The molecule has 0 saturated heterocycles. The average Bonchev–Trinajstić information content (AvgIpc) is 3.28. The number of aromatic nitrogens is 2. The molecule has 6 heteroatoms. The Balaban J connectivity index is 0.00000171. The normalized spacial score (nSPS) is 16.0. The van der Waals surface area contributed by atoms with Crippen molar-refractivity contribution in [3.63, 3.8) is 0 Å². The van der Waals surface area contributed by atoms with E-state index < -0.39 is 0 Å². The van der Waals surface area contributed by atoms with E-state index in [1.54, 1.807) is 0 Å². The topological polar surface area (TPSA) is 55.6 Å². The number of hydrogen-bond acceptors (Lipinski definition) is 3. The second-order valence-corrected chi connectivity index (χ2v) is 8.56. The first-order valence-corrected chi connectivity index (χ1v) is 10.5. The Morgan fingerprint density at radius 3 is 1.68 bits per heavy atom. The number of H-pyrrole nitrogens is 2. The molecule has 4 heterocycles. The lowest BCUT2D eigenvalue weighted by molar-refractivity contribution is 0.641. The molecule has 4 N–H and O–H groups in total. The van der Waals surface area contributed by atoms with Gasteiger partial charge in [-0.1, -0.05) is 36.0 Å². The summed E-state index contributed by atoms with van der Waals surface area (Å²) < 4.78 is 0. The summed E-state index contributed by atoms with van der Waals surface area (Å²) in [6, 6.07) is 13.4. The fourth-order valence-corrected chi connectivity index (χ4v) is 5.63. The molecule has 2 aromatic carbocycles. The maximum atomic E-state index is 3.72. The number of fused-ring (bicyclic) bond motifs is 6. The molecule has 0 atom stereocenters. The van der Waals surface area contributed by atoms with Crippen molar-refractivity contribution >= 4 is 46.0 Å². The van der Waals surface area contributed by atoms with E-state index >= 15 is 0 Å². The molecule has 0 amide bonds. The summed E-state index contributed by atoms with van der Waals surface area (Å²) in [5.41, 5.74) is 8.25. The molecule has 28 heavy (non-hydrogen) atoms. The fourth-order valence-electron chi connectivity index (χ4n) is 4.57. The molecular formula is C22H23ClN4S. The summed E-state index contributed by atoms with van der Waals surface area (Å²) in [7, 11) is 0. The highest BCUT2D eigenvalue weighted by molar-refractivity contribution is 7.99. The van der Waals surface area contributed by atoms with Crippen molar-refractivity contribution in [1.82, 2.24) is 20.6 Å². The Bertz CT molecular complexity index is 1080. The Labute approximate surface area is 174 Å². The van der Waals surface area contributed by atoms with Crippen molar-refractivity contribution in [3.05, 3.63) is 58.9 Å². The second-order valence-electron chi connectivity index (χ2n) is 7.48. The van der Waals surface area contributed by atoms with E-state index in [4.69, 9.17) is 0 Å². The average molecular weight is 411 g/mol. The molecule has 0 unspecified atom stereocenters. The van der Waals surface area contributed by atoms with Gasteiger partial charge in [-0.3, -0.25) is 0 Å². The van der Waals surface area contributed by atoms with Crippen LogP contribution in [0.2, 0.25) is 0 Å². The summed E-state index contributed by atoms with van der Waals surface area (Å²) in [4.78, 5) is 10.1. The van der Waals surface area contributed by atoms with Gasteiger partial charge in [0.25, 0.3) is 0 Å². The van der Waals surface area contributed by atoms with Crippen LogP contribution in [0, 0.1) is 0 Å². The van der Waals surface area contributed by atoms with Gasteiger partial charge in [-0.25, -0.2) is 0 Å². The predicted octanol–water partition coefficient (Wildman–Crippen LogP) is 4.51. The number of benzene rings is 2. The number of nitrogens with one attached hydrogen (secondary N) is 4. The van der Waals surface area contributed by atoms with Crippen LogP contribution in [0.1, 0.15) is 22.5 Å². The quantitative estimate of drug-likeness (QED) is 0.393. The molecule has 4 nitrogen and oxygen atoms in total. The predicted molar refractivity (Wildman–Crippen MR) is 119 cm³/mol. The van der Waals surface area contributed by atoms with Gasteiger partial charge >= 0.3 is 0 Å². The molecule has 0 aliphatic carbocycles. The van der Waals surface area contributed by atoms with Crippen LogP contribution in [0.3, 0.4) is 0 Å². The molecular weight excluding hydrogens is 388 g/mol. The van der Waals surface area contributed by atoms with E-state index in [0.717, 1.165) is 39.0 Å². The smallest absolute Gasteiger partial charge is 0.0601 e. The number of para-hydroxylation sites is 2. The zero-order chi connectivity index (χ0) is 17.8. The van der Waals surface area contributed by atoms with Gasteiger partial charge < -0.3 is 20.6 Å². The first-order chi connectivity index (χ1) is 13.4. The van der Waals surface area contributed by atoms with E-state index in [-0.39, 0.29) is 12.4 Å². The van der Waals surface area contributed by atoms with Crippen LogP contribution in [0.15, 0.2) is 46.2 Å². The molecule has 0 fully saturated rings. The van der Waals surface area contributed by atoms with Crippen molar-refractivity contribution in [2.45, 2.75) is 35.7 Å². The molecule has 2 aromatic heterocycles. The number of aromatic amines is 2. The van der Waals surface area contributed by atoms with E-state index in [1.165, 1.54) is 54.1 Å². The third kappa shape index (κ3) is 2.77. The van der Waals surface area contributed by atoms with E-state index in [2.05, 4.69) is 57.0 Å². The van der Waals surface area contributed by atoms with Gasteiger partial charge in [0.05, 0.1) is 11.0 Å². The van der Waals surface area contributed by atoms with Crippen molar-refractivity contribution in [1.29, 1.82) is 0 Å². The van der Waals surface area contributed by atoms with Gasteiger partial charge in [-0.15, -0.1) is 12.4 Å². The molecule has 0 radical (unpaired) electrons. The van der Waals surface area contributed by atoms with E-state index in [0.29, 0.717) is 0 Å². The van der Waals surface area contributed by atoms with Crippen LogP contribution in [0.5, 0.6) is 0 Å². The van der Waals surface area contributed by atoms with E-state index in [9.17, 15) is 0 Å². The van der Waals surface area contributed by atoms with Crippen molar-refractivity contribution in [3.8, 4) is 0 Å². The minimum Gasteiger partial charge on any atom is -0.357 e. The summed E-state index contributed by atoms with van der Waals surface area (Å²) >= 11 is 1.87. The second kappa shape index (κ2) is 7.16. The third-order valence-electron chi connectivity index (χ3n) is 5.91. The van der Waals surface area contributed by atoms with Crippen LogP contribution >= 0.6 is 24.2 Å². The van der Waals surface area contributed by atoms with E-state index in [1.807, 2.05) is 11.8 Å². The monoisotopic (exact) mass is 410 g/mol. The molecule has 2 aliphatic heterocycles. The van der Waals surface area contributed by atoms with Gasteiger partial charge in [0, 0.05) is 71.0 Å². The zero-order valence-corrected chi connectivity index (χ0v) is 17.2. The lowest BCUT2D eigenvalue weighted by atomic mass is 10.1. The lowest BCUT2D eigenvalue weighted by Gasteiger charge is -2.12. The van der Waals surface area contributed by atoms with Crippen molar-refractivity contribution < 1.29 is 0 Å². The van der Waals surface area contributed by atoms with Crippen LogP contribution in [-0.4, -0.2) is 23.1 Å². The molecule has 4 aromatic rings. The van der Waals surface area contributed by atoms with Crippen LogP contribution < -0.4 is 10.6 Å². The Kier molecular flexibility index (Phi) is 4.63. The number of rotatable bonds is 2. The standard InChI is InChI=1S/C22H22N4S.ClH/c1-3-13-15-11-23-9-7-17(15)25-21(13)19(5-1)27-20-6-2-4-14-16-12-24-10-8-18(16)26-22(14)20;/h1-6,23-26H,7-12H2;1H. The minimum atomic E-state index is 0. The van der Waals surface area contributed by atoms with Gasteiger partial charge in [0.15, 0.2) is 0 Å². The van der Waals surface area contributed by atoms with Crippen LogP contribution in [0.4, 0.5) is 0 Å². The number of halogens is 1. The first-order valence-electron chi connectivity index (χ1n) is 9.72. The highest BCUT2D eigenvalue weighted by atomic mass is 35.5. The summed E-state index contributed by atoms with van der Waals surface area (Å²) in [5.74, 6) is 0. The Morgan fingerprint density at radius 1 is 0.679 bits per heavy atom. The third-order valence-corrected chi connectivity index (χ3v) is 7.03. The van der Waals surface area contributed by atoms with Gasteiger partial charge in [-0.2, -0.15) is 0 Å². The Morgan fingerprint density at radius 2 is 1.18 bits per heavy atom. The highest BCUT2D eigenvalue weighted by Gasteiger charge is 2.19. The molecule has 2 aliphatic rings. The maximum absolute atomic E-state index is 3.72. The summed E-state index contributed by atoms with van der Waals surface area (Å²) in [6.45, 7) is 4.05. The fraction of sp³-hybridized carbons (Fsp3) is 0.273. The van der Waals surface area contributed by atoms with Crippen molar-refractivity contribution in [2.24, 2.45) is 0 Å². The molecule has 0 bridgehead atoms. The molecule has 6 rings (SSSR count). The largest absolute Gasteiger partial charge is 0.357 e. The molecule has 0 spiro atoms. The van der Waals surface area contributed by atoms with Gasteiger partial charge in [0.1, 0.15) is 0 Å². The molecule has 0 saturated carbocycles. The Hall–Kier alpha value is -1.92. The SMILES string of the molecule is Cl.c1cc(Sc2cccc3c4c([nH]c23)CCNC4)c2[nH]c3c(c2c1)CNCC3. The number of hydrogen-bond donors (Lipinski definition) is 4. The summed E-state index contributed by atoms with van der Waals surface area (Å²) in [5, 5.41) is 9.74. The van der Waals surface area contributed by atoms with Gasteiger partial charge in [-0.05, 0) is 23.3 Å². The van der Waals surface area contributed by atoms with Gasteiger partial charge in [0.2, 0.25) is 0 Å². The van der Waals surface area contributed by atoms with Crippen LogP contribution in [0.25, 0.3) is 21.8 Å². The summed E-state index contributed by atoms with van der Waals surface area (Å²) in [6.07, 6.45) is 2.17. The zero-order valence-electron chi connectivity index (χ0n) is 15.5. The molecule has 144 valence electrons. The maximum Gasteiger partial charge on any atom is 0.0601 e. The minimum absolute atomic E-state index is 0. The highest BCUT2D eigenvalue weighted by Crippen LogP contribution is 2.39.